The molecule has 12 heavy (non-hydrogen) atoms. The summed E-state index contributed by atoms with van der Waals surface area (Å²) in [6, 6.07) is 0. The van der Waals surface area contributed by atoms with Crippen molar-refractivity contribution in [3.8, 4) is 0 Å². The average Bonchev–Trinajstić information content (AvgIpc) is 2.05. The molecular weight excluding hydrogens is 178 g/mol. The zero-order valence-corrected chi connectivity index (χ0v) is 8.43. The Morgan fingerprint density at radius 2 is 2.00 bits per heavy atom. The van der Waals surface area contributed by atoms with Crippen LogP contribution in [0, 0.1) is 0 Å². The maximum Gasteiger partial charge on any atom is 0.158 e. The van der Waals surface area contributed by atoms with Gasteiger partial charge < -0.3 is 5.21 Å². The highest BCUT2D eigenvalue weighted by molar-refractivity contribution is 7.92. The number of nitrogens with zero attached hydrogens (tertiary/aromatic N) is 1. The van der Waals surface area contributed by atoms with E-state index in [9.17, 15) is 8.42 Å². The topological polar surface area (TPSA) is 66.7 Å². The van der Waals surface area contributed by atoms with E-state index in [2.05, 4.69) is 5.16 Å². The van der Waals surface area contributed by atoms with Crippen molar-refractivity contribution < 1.29 is 13.6 Å². The first kappa shape index (κ1) is 11.4. The predicted octanol–water partition coefficient (Wildman–Crippen LogP) is 1.05. The van der Waals surface area contributed by atoms with Crippen molar-refractivity contribution in [2.75, 3.05) is 5.75 Å². The van der Waals surface area contributed by atoms with Crippen molar-refractivity contribution in [1.82, 2.24) is 0 Å². The standard InChI is InChI=1S/C7H15NO3S/c1-4-7(6(3)8-9)12(10,11)5-2/h7,9H,4-5H2,1-3H3/b8-6-/t7-/m0/s1. The van der Waals surface area contributed by atoms with Gasteiger partial charge in [0.25, 0.3) is 0 Å². The Kier molecular flexibility index (Phi) is 4.23. The summed E-state index contributed by atoms with van der Waals surface area (Å²) in [5.41, 5.74) is 0.263. The Morgan fingerprint density at radius 1 is 1.50 bits per heavy atom. The molecule has 0 saturated carbocycles. The van der Waals surface area contributed by atoms with E-state index < -0.39 is 15.1 Å². The third-order valence-corrected chi connectivity index (χ3v) is 4.18. The summed E-state index contributed by atoms with van der Waals surface area (Å²) in [5.74, 6) is 0.0817. The van der Waals surface area contributed by atoms with Crippen LogP contribution in [0.1, 0.15) is 27.2 Å². The fourth-order valence-corrected chi connectivity index (χ4v) is 2.55. The lowest BCUT2D eigenvalue weighted by molar-refractivity contribution is 0.317. The normalized spacial score (nSPS) is 16.1. The minimum Gasteiger partial charge on any atom is -0.411 e. The van der Waals surface area contributed by atoms with Gasteiger partial charge in [-0.2, -0.15) is 0 Å². The minimum atomic E-state index is -3.11. The van der Waals surface area contributed by atoms with Crippen LogP contribution in [0.25, 0.3) is 0 Å². The molecule has 0 aliphatic carbocycles. The Morgan fingerprint density at radius 3 is 2.25 bits per heavy atom. The molecule has 0 aromatic rings. The number of oxime groups is 1. The molecule has 0 bridgehead atoms. The third-order valence-electron chi connectivity index (χ3n) is 1.83. The molecule has 0 aliphatic heterocycles. The fraction of sp³-hybridized carbons (Fsp3) is 0.857. The Bertz CT molecular complexity index is 256. The molecule has 0 spiro atoms. The Labute approximate surface area is 73.2 Å². The first-order valence-corrected chi connectivity index (χ1v) is 5.61. The van der Waals surface area contributed by atoms with Gasteiger partial charge in [-0.3, -0.25) is 0 Å². The van der Waals surface area contributed by atoms with Crippen molar-refractivity contribution in [1.29, 1.82) is 0 Å². The van der Waals surface area contributed by atoms with Crippen molar-refractivity contribution in [2.24, 2.45) is 5.16 Å². The first-order chi connectivity index (χ1) is 5.49. The van der Waals surface area contributed by atoms with E-state index in [0.29, 0.717) is 6.42 Å². The molecule has 0 aliphatic rings. The molecule has 1 atom stereocenters. The zero-order chi connectivity index (χ0) is 9.78. The molecule has 5 heteroatoms. The van der Waals surface area contributed by atoms with Crippen molar-refractivity contribution in [2.45, 2.75) is 32.4 Å². The summed E-state index contributed by atoms with van der Waals surface area (Å²) in [6.45, 7) is 4.86. The van der Waals surface area contributed by atoms with E-state index in [1.165, 1.54) is 6.92 Å². The van der Waals surface area contributed by atoms with Crippen LogP contribution in [-0.2, 0) is 9.84 Å². The second-order valence-electron chi connectivity index (χ2n) is 2.59. The van der Waals surface area contributed by atoms with Gasteiger partial charge in [0.15, 0.2) is 9.84 Å². The Balaban J connectivity index is 4.81. The van der Waals surface area contributed by atoms with Crippen LogP contribution in [0.15, 0.2) is 5.16 Å². The monoisotopic (exact) mass is 193 g/mol. The molecule has 4 nitrogen and oxygen atoms in total. The van der Waals surface area contributed by atoms with E-state index >= 15 is 0 Å². The van der Waals surface area contributed by atoms with E-state index in [0.717, 1.165) is 0 Å². The van der Waals surface area contributed by atoms with Crippen LogP contribution in [0.4, 0.5) is 0 Å². The van der Waals surface area contributed by atoms with Crippen molar-refractivity contribution in [3.05, 3.63) is 0 Å². The van der Waals surface area contributed by atoms with Gasteiger partial charge in [-0.15, -0.1) is 0 Å². The van der Waals surface area contributed by atoms with Crippen LogP contribution >= 0.6 is 0 Å². The largest absolute Gasteiger partial charge is 0.411 e. The second-order valence-corrected chi connectivity index (χ2v) is 5.06. The van der Waals surface area contributed by atoms with E-state index in [-0.39, 0.29) is 11.5 Å². The number of hydrogen-bond donors (Lipinski definition) is 1. The predicted molar refractivity (Wildman–Crippen MR) is 48.4 cm³/mol. The van der Waals surface area contributed by atoms with Crippen molar-refractivity contribution >= 4 is 15.5 Å². The minimum absolute atomic E-state index is 0.0817. The van der Waals surface area contributed by atoms with Crippen LogP contribution in [0.5, 0.6) is 0 Å². The van der Waals surface area contributed by atoms with Gasteiger partial charge in [0.1, 0.15) is 5.25 Å². The maximum absolute atomic E-state index is 11.3. The first-order valence-electron chi connectivity index (χ1n) is 3.89. The van der Waals surface area contributed by atoms with Gasteiger partial charge in [-0.1, -0.05) is 19.0 Å². The van der Waals surface area contributed by atoms with Crippen LogP contribution in [-0.4, -0.2) is 30.3 Å². The molecule has 1 N–H and O–H groups in total. The highest BCUT2D eigenvalue weighted by atomic mass is 32.2. The Hall–Kier alpha value is -0.580. The summed E-state index contributed by atoms with van der Waals surface area (Å²) in [6.07, 6.45) is 0.450. The SMILES string of the molecule is CC[C@@H](/C(C)=N\O)S(=O)(=O)CC. The van der Waals surface area contributed by atoms with Crippen LogP contribution in [0.2, 0.25) is 0 Å². The van der Waals surface area contributed by atoms with E-state index in [4.69, 9.17) is 5.21 Å². The van der Waals surface area contributed by atoms with Gasteiger partial charge in [-0.05, 0) is 13.3 Å². The number of hydrogen-bond acceptors (Lipinski definition) is 4. The van der Waals surface area contributed by atoms with Gasteiger partial charge in [0.2, 0.25) is 0 Å². The summed E-state index contributed by atoms with van der Waals surface area (Å²) >= 11 is 0. The van der Waals surface area contributed by atoms with Gasteiger partial charge >= 0.3 is 0 Å². The van der Waals surface area contributed by atoms with E-state index in [1.54, 1.807) is 13.8 Å². The lowest BCUT2D eigenvalue weighted by Crippen LogP contribution is -2.29. The molecule has 0 heterocycles. The number of sulfone groups is 1. The van der Waals surface area contributed by atoms with E-state index in [1.807, 2.05) is 0 Å². The summed E-state index contributed by atoms with van der Waals surface area (Å²) in [5, 5.41) is 10.7. The molecule has 0 saturated heterocycles. The quantitative estimate of drug-likeness (QED) is 0.412. The van der Waals surface area contributed by atoms with Crippen LogP contribution < -0.4 is 0 Å². The molecule has 0 aromatic carbocycles. The highest BCUT2D eigenvalue weighted by Gasteiger charge is 2.24. The van der Waals surface area contributed by atoms with Crippen LogP contribution in [0.3, 0.4) is 0 Å². The maximum atomic E-state index is 11.3. The summed E-state index contributed by atoms with van der Waals surface area (Å²) in [7, 11) is -3.11. The molecule has 0 radical (unpaired) electrons. The molecular formula is C7H15NO3S. The zero-order valence-electron chi connectivity index (χ0n) is 7.61. The average molecular weight is 193 g/mol. The lowest BCUT2D eigenvalue weighted by atomic mass is 10.2. The highest BCUT2D eigenvalue weighted by Crippen LogP contribution is 2.08. The summed E-state index contributed by atoms with van der Waals surface area (Å²) < 4.78 is 22.7. The number of rotatable bonds is 4. The molecule has 0 rings (SSSR count). The molecule has 0 aromatic heterocycles. The molecule has 0 unspecified atom stereocenters. The third kappa shape index (κ3) is 2.48. The van der Waals surface area contributed by atoms with Gasteiger partial charge in [0, 0.05) is 5.75 Å². The molecule has 0 fully saturated rings. The summed E-state index contributed by atoms with van der Waals surface area (Å²) in [4.78, 5) is 0. The second kappa shape index (κ2) is 4.45. The smallest absolute Gasteiger partial charge is 0.158 e. The fourth-order valence-electron chi connectivity index (χ4n) is 1.07. The molecule has 72 valence electrons. The lowest BCUT2D eigenvalue weighted by Gasteiger charge is -2.12. The van der Waals surface area contributed by atoms with Crippen molar-refractivity contribution in [3.63, 3.8) is 0 Å². The van der Waals surface area contributed by atoms with Gasteiger partial charge in [-0.25, -0.2) is 8.42 Å². The molecule has 0 amide bonds. The van der Waals surface area contributed by atoms with Gasteiger partial charge in [0.05, 0.1) is 5.71 Å².